The Labute approximate surface area is 78.3 Å². The van der Waals surface area contributed by atoms with Gasteiger partial charge in [0.15, 0.2) is 0 Å². The van der Waals surface area contributed by atoms with Gasteiger partial charge in [0, 0.05) is 7.11 Å². The maximum absolute atomic E-state index is 5.16. The molecule has 0 aliphatic rings. The van der Waals surface area contributed by atoms with Crippen LogP contribution in [-0.4, -0.2) is 24.2 Å². The molecule has 0 spiro atoms. The topological polar surface area (TPSA) is 47.3 Å². The fraction of sp³-hybridized carbons (Fsp3) is 0.667. The van der Waals surface area contributed by atoms with Gasteiger partial charge in [0.1, 0.15) is 6.26 Å². The zero-order valence-corrected chi connectivity index (χ0v) is 8.50. The normalized spacial score (nSPS) is 15.4. The quantitative estimate of drug-likeness (QED) is 0.775. The van der Waals surface area contributed by atoms with E-state index < -0.39 is 0 Å². The Balaban J connectivity index is 2.49. The molecule has 1 unspecified atom stereocenters. The standard InChI is InChI=1S/C9H16N2O2/c1-6-5-13-9(10-6)11-7(2)8(3)12-4/h5,7-8H,1-4H3,(H,10,11)/t7-,8?/m0/s1. The summed E-state index contributed by atoms with van der Waals surface area (Å²) in [4.78, 5) is 4.13. The number of aryl methyl sites for hydroxylation is 1. The van der Waals surface area contributed by atoms with Gasteiger partial charge in [0.05, 0.1) is 17.8 Å². The van der Waals surface area contributed by atoms with Gasteiger partial charge in [0.25, 0.3) is 6.01 Å². The van der Waals surface area contributed by atoms with Crippen molar-refractivity contribution in [2.75, 3.05) is 12.4 Å². The molecule has 0 saturated carbocycles. The van der Waals surface area contributed by atoms with Gasteiger partial charge in [0.2, 0.25) is 0 Å². The predicted octanol–water partition coefficient (Wildman–Crippen LogP) is 1.82. The average molecular weight is 184 g/mol. The van der Waals surface area contributed by atoms with Crippen LogP contribution < -0.4 is 5.32 Å². The van der Waals surface area contributed by atoms with Gasteiger partial charge in [-0.3, -0.25) is 0 Å². The summed E-state index contributed by atoms with van der Waals surface area (Å²) in [6.45, 7) is 5.90. The fourth-order valence-electron chi connectivity index (χ4n) is 0.937. The van der Waals surface area contributed by atoms with Crippen molar-refractivity contribution in [2.24, 2.45) is 0 Å². The molecule has 1 aromatic heterocycles. The summed E-state index contributed by atoms with van der Waals surface area (Å²) >= 11 is 0. The molecule has 0 amide bonds. The number of hydrogen-bond donors (Lipinski definition) is 1. The first-order chi connectivity index (χ1) is 6.13. The molecule has 2 atom stereocenters. The Bertz CT molecular complexity index is 260. The van der Waals surface area contributed by atoms with Crippen LogP contribution in [0.4, 0.5) is 6.01 Å². The van der Waals surface area contributed by atoms with Gasteiger partial charge >= 0.3 is 0 Å². The van der Waals surface area contributed by atoms with Crippen molar-refractivity contribution in [2.45, 2.75) is 32.9 Å². The van der Waals surface area contributed by atoms with E-state index in [4.69, 9.17) is 9.15 Å². The molecule has 1 N–H and O–H groups in total. The highest BCUT2D eigenvalue weighted by Gasteiger charge is 2.12. The van der Waals surface area contributed by atoms with Gasteiger partial charge < -0.3 is 14.5 Å². The smallest absolute Gasteiger partial charge is 0.295 e. The minimum absolute atomic E-state index is 0.132. The Kier molecular flexibility index (Phi) is 3.31. The SMILES string of the molecule is COC(C)[C@H](C)Nc1nc(C)co1. The Morgan fingerprint density at radius 2 is 2.23 bits per heavy atom. The molecule has 4 heteroatoms. The van der Waals surface area contributed by atoms with E-state index in [2.05, 4.69) is 10.3 Å². The zero-order valence-electron chi connectivity index (χ0n) is 8.50. The van der Waals surface area contributed by atoms with E-state index in [1.807, 2.05) is 20.8 Å². The third-order valence-corrected chi connectivity index (χ3v) is 2.05. The molecule has 0 bridgehead atoms. The van der Waals surface area contributed by atoms with Crippen molar-refractivity contribution in [1.82, 2.24) is 4.98 Å². The molecule has 4 nitrogen and oxygen atoms in total. The summed E-state index contributed by atoms with van der Waals surface area (Å²) in [7, 11) is 1.68. The second kappa shape index (κ2) is 4.28. The van der Waals surface area contributed by atoms with E-state index >= 15 is 0 Å². The minimum Gasteiger partial charge on any atom is -0.432 e. The van der Waals surface area contributed by atoms with Crippen molar-refractivity contribution in [3.05, 3.63) is 12.0 Å². The minimum atomic E-state index is 0.132. The molecular formula is C9H16N2O2. The van der Waals surface area contributed by atoms with Crippen molar-refractivity contribution < 1.29 is 9.15 Å². The van der Waals surface area contributed by atoms with Crippen LogP contribution in [0.25, 0.3) is 0 Å². The summed E-state index contributed by atoms with van der Waals surface area (Å²) in [5.41, 5.74) is 0.875. The molecule has 0 fully saturated rings. The van der Waals surface area contributed by atoms with E-state index in [1.165, 1.54) is 0 Å². The summed E-state index contributed by atoms with van der Waals surface area (Å²) in [5, 5.41) is 3.11. The highest BCUT2D eigenvalue weighted by molar-refractivity contribution is 5.22. The van der Waals surface area contributed by atoms with E-state index in [0.29, 0.717) is 6.01 Å². The van der Waals surface area contributed by atoms with E-state index in [1.54, 1.807) is 13.4 Å². The van der Waals surface area contributed by atoms with Crippen LogP contribution in [0.15, 0.2) is 10.7 Å². The fourth-order valence-corrected chi connectivity index (χ4v) is 0.937. The van der Waals surface area contributed by atoms with Gasteiger partial charge in [-0.05, 0) is 20.8 Å². The van der Waals surface area contributed by atoms with Crippen LogP contribution in [0.2, 0.25) is 0 Å². The maximum atomic E-state index is 5.16. The van der Waals surface area contributed by atoms with E-state index in [0.717, 1.165) is 5.69 Å². The number of methoxy groups -OCH3 is 1. The summed E-state index contributed by atoms with van der Waals surface area (Å²) in [6, 6.07) is 0.733. The summed E-state index contributed by atoms with van der Waals surface area (Å²) in [6.07, 6.45) is 1.75. The predicted molar refractivity (Wildman–Crippen MR) is 50.8 cm³/mol. The van der Waals surface area contributed by atoms with Crippen molar-refractivity contribution in [3.63, 3.8) is 0 Å². The molecular weight excluding hydrogens is 168 g/mol. The van der Waals surface area contributed by atoms with Crippen molar-refractivity contribution >= 4 is 6.01 Å². The molecule has 1 rings (SSSR count). The van der Waals surface area contributed by atoms with Gasteiger partial charge in [-0.1, -0.05) is 0 Å². The molecule has 0 saturated heterocycles. The highest BCUT2D eigenvalue weighted by Crippen LogP contribution is 2.09. The molecule has 13 heavy (non-hydrogen) atoms. The molecule has 0 aliphatic heterocycles. The first-order valence-electron chi connectivity index (χ1n) is 4.35. The number of ether oxygens (including phenoxy) is 1. The van der Waals surface area contributed by atoms with Gasteiger partial charge in [-0.2, -0.15) is 4.98 Å². The molecule has 0 aromatic carbocycles. The number of nitrogens with zero attached hydrogens (tertiary/aromatic N) is 1. The van der Waals surface area contributed by atoms with Crippen LogP contribution in [0.5, 0.6) is 0 Å². The lowest BCUT2D eigenvalue weighted by Crippen LogP contribution is -2.29. The summed E-state index contributed by atoms with van der Waals surface area (Å²) in [5.74, 6) is 0. The molecule has 0 aliphatic carbocycles. The number of hydrogen-bond acceptors (Lipinski definition) is 4. The Morgan fingerprint density at radius 3 is 2.69 bits per heavy atom. The average Bonchev–Trinajstić information content (AvgIpc) is 2.49. The lowest BCUT2D eigenvalue weighted by atomic mass is 10.2. The molecule has 1 aromatic rings. The van der Waals surface area contributed by atoms with Crippen LogP contribution >= 0.6 is 0 Å². The first-order valence-corrected chi connectivity index (χ1v) is 4.35. The second-order valence-corrected chi connectivity index (χ2v) is 3.17. The van der Waals surface area contributed by atoms with Crippen LogP contribution in [-0.2, 0) is 4.74 Å². The number of aromatic nitrogens is 1. The number of anilines is 1. The lowest BCUT2D eigenvalue weighted by molar-refractivity contribution is 0.105. The van der Waals surface area contributed by atoms with Crippen molar-refractivity contribution in [1.29, 1.82) is 0 Å². The van der Waals surface area contributed by atoms with Crippen molar-refractivity contribution in [3.8, 4) is 0 Å². The highest BCUT2D eigenvalue weighted by atomic mass is 16.5. The third kappa shape index (κ3) is 2.73. The van der Waals surface area contributed by atoms with E-state index in [-0.39, 0.29) is 12.1 Å². The van der Waals surface area contributed by atoms with Crippen LogP contribution in [0.1, 0.15) is 19.5 Å². The number of nitrogens with one attached hydrogen (secondary N) is 1. The van der Waals surface area contributed by atoms with Crippen LogP contribution in [0.3, 0.4) is 0 Å². The monoisotopic (exact) mass is 184 g/mol. The Hall–Kier alpha value is -1.03. The first kappa shape index (κ1) is 10.1. The molecule has 1 heterocycles. The summed E-state index contributed by atoms with van der Waals surface area (Å²) < 4.78 is 10.3. The maximum Gasteiger partial charge on any atom is 0.295 e. The Morgan fingerprint density at radius 1 is 1.54 bits per heavy atom. The number of rotatable bonds is 4. The molecule has 74 valence electrons. The largest absolute Gasteiger partial charge is 0.432 e. The van der Waals surface area contributed by atoms with Gasteiger partial charge in [-0.15, -0.1) is 0 Å². The lowest BCUT2D eigenvalue weighted by Gasteiger charge is -2.18. The third-order valence-electron chi connectivity index (χ3n) is 2.05. The van der Waals surface area contributed by atoms with Gasteiger partial charge in [-0.25, -0.2) is 0 Å². The number of oxazole rings is 1. The zero-order chi connectivity index (χ0) is 9.84. The van der Waals surface area contributed by atoms with E-state index in [9.17, 15) is 0 Å². The second-order valence-electron chi connectivity index (χ2n) is 3.17. The van der Waals surface area contributed by atoms with Crippen LogP contribution in [0, 0.1) is 6.92 Å². The molecule has 0 radical (unpaired) electrons.